The summed E-state index contributed by atoms with van der Waals surface area (Å²) in [6.45, 7) is 2.31. The van der Waals surface area contributed by atoms with E-state index in [4.69, 9.17) is 14.2 Å². The van der Waals surface area contributed by atoms with Gasteiger partial charge in [0.05, 0.1) is 14.2 Å². The first-order chi connectivity index (χ1) is 16.5. The molecule has 1 aromatic heterocycles. The van der Waals surface area contributed by atoms with E-state index < -0.39 is 0 Å². The molecule has 0 aliphatic carbocycles. The molecule has 1 N–H and O–H groups in total. The Bertz CT molecular complexity index is 1270. The standard InChI is InChI=1S/C27H27N3O4/c1-18-5-6-21(26-28-11-12-30(26)2)15-25(18)29-27(31)20-7-9-22(10-8-20)34-17-19-13-23(32-3)16-24(14-19)33-4/h5-16H,17H2,1-4H3,(H,29,31). The van der Waals surface area contributed by atoms with Gasteiger partial charge in [0.25, 0.3) is 5.91 Å². The molecule has 0 saturated heterocycles. The van der Waals surface area contributed by atoms with Crippen LogP contribution in [0.5, 0.6) is 17.2 Å². The summed E-state index contributed by atoms with van der Waals surface area (Å²) >= 11 is 0. The van der Waals surface area contributed by atoms with Gasteiger partial charge in [0.15, 0.2) is 0 Å². The van der Waals surface area contributed by atoms with Crippen molar-refractivity contribution in [2.24, 2.45) is 7.05 Å². The van der Waals surface area contributed by atoms with Gasteiger partial charge in [-0.1, -0.05) is 12.1 Å². The topological polar surface area (TPSA) is 74.6 Å². The molecule has 0 radical (unpaired) electrons. The van der Waals surface area contributed by atoms with Gasteiger partial charge in [0, 0.05) is 42.3 Å². The molecule has 0 saturated carbocycles. The third kappa shape index (κ3) is 5.20. The molecule has 0 spiro atoms. The maximum Gasteiger partial charge on any atom is 0.255 e. The zero-order valence-electron chi connectivity index (χ0n) is 19.7. The molecule has 174 valence electrons. The first kappa shape index (κ1) is 22.9. The summed E-state index contributed by atoms with van der Waals surface area (Å²) in [5, 5.41) is 3.01. The van der Waals surface area contributed by atoms with Crippen LogP contribution in [0.4, 0.5) is 5.69 Å². The molecule has 3 aromatic carbocycles. The zero-order chi connectivity index (χ0) is 24.1. The number of carbonyl (C=O) groups is 1. The van der Waals surface area contributed by atoms with Gasteiger partial charge in [-0.3, -0.25) is 4.79 Å². The largest absolute Gasteiger partial charge is 0.497 e. The minimum atomic E-state index is -0.191. The van der Waals surface area contributed by atoms with Crippen LogP contribution in [0.25, 0.3) is 11.4 Å². The fourth-order valence-electron chi connectivity index (χ4n) is 3.55. The predicted molar refractivity (Wildman–Crippen MR) is 132 cm³/mol. The maximum atomic E-state index is 12.9. The van der Waals surface area contributed by atoms with Crippen LogP contribution in [0.2, 0.25) is 0 Å². The SMILES string of the molecule is COc1cc(COc2ccc(C(=O)Nc3cc(-c4nccn4C)ccc3C)cc2)cc(OC)c1. The van der Waals surface area contributed by atoms with Gasteiger partial charge in [-0.25, -0.2) is 4.98 Å². The molecule has 0 atom stereocenters. The van der Waals surface area contributed by atoms with Gasteiger partial charge in [-0.05, 0) is 60.5 Å². The number of rotatable bonds is 8. The van der Waals surface area contributed by atoms with E-state index in [-0.39, 0.29) is 5.91 Å². The average Bonchev–Trinajstić information content (AvgIpc) is 3.29. The van der Waals surface area contributed by atoms with Crippen LogP contribution in [-0.2, 0) is 13.7 Å². The van der Waals surface area contributed by atoms with Crippen LogP contribution in [0.3, 0.4) is 0 Å². The molecular formula is C27H27N3O4. The smallest absolute Gasteiger partial charge is 0.255 e. The maximum absolute atomic E-state index is 12.9. The number of aryl methyl sites for hydroxylation is 2. The Hall–Kier alpha value is -4.26. The minimum Gasteiger partial charge on any atom is -0.497 e. The lowest BCUT2D eigenvalue weighted by molar-refractivity contribution is 0.102. The lowest BCUT2D eigenvalue weighted by atomic mass is 10.1. The second-order valence-electron chi connectivity index (χ2n) is 7.88. The van der Waals surface area contributed by atoms with Crippen LogP contribution in [-0.4, -0.2) is 29.7 Å². The molecule has 1 amide bonds. The highest BCUT2D eigenvalue weighted by molar-refractivity contribution is 6.05. The molecule has 7 nitrogen and oxygen atoms in total. The number of nitrogens with one attached hydrogen (secondary N) is 1. The Kier molecular flexibility index (Phi) is 6.82. The van der Waals surface area contributed by atoms with Crippen molar-refractivity contribution in [1.82, 2.24) is 9.55 Å². The number of imidazole rings is 1. The van der Waals surface area contributed by atoms with E-state index in [2.05, 4.69) is 10.3 Å². The molecular weight excluding hydrogens is 430 g/mol. The summed E-state index contributed by atoms with van der Waals surface area (Å²) in [4.78, 5) is 17.2. The van der Waals surface area contributed by atoms with Crippen LogP contribution >= 0.6 is 0 Å². The lowest BCUT2D eigenvalue weighted by Gasteiger charge is -2.12. The van der Waals surface area contributed by atoms with Crippen molar-refractivity contribution in [3.05, 3.63) is 89.7 Å². The van der Waals surface area contributed by atoms with Crippen LogP contribution in [0.15, 0.2) is 73.1 Å². The summed E-state index contributed by atoms with van der Waals surface area (Å²) in [5.74, 6) is 2.71. The number of methoxy groups -OCH3 is 2. The highest BCUT2D eigenvalue weighted by Gasteiger charge is 2.11. The van der Waals surface area contributed by atoms with Crippen molar-refractivity contribution >= 4 is 11.6 Å². The lowest BCUT2D eigenvalue weighted by Crippen LogP contribution is -2.13. The Labute approximate surface area is 198 Å². The highest BCUT2D eigenvalue weighted by atomic mass is 16.5. The summed E-state index contributed by atoms with van der Waals surface area (Å²) in [6, 6.07) is 18.6. The molecule has 4 rings (SSSR count). The second-order valence-corrected chi connectivity index (χ2v) is 7.88. The number of nitrogens with zero attached hydrogens (tertiary/aromatic N) is 2. The van der Waals surface area contributed by atoms with Crippen molar-refractivity contribution in [3.8, 4) is 28.6 Å². The number of benzene rings is 3. The van der Waals surface area contributed by atoms with E-state index in [1.807, 2.05) is 61.1 Å². The number of carbonyl (C=O) groups excluding carboxylic acids is 1. The Morgan fingerprint density at radius 3 is 2.26 bits per heavy atom. The number of aromatic nitrogens is 2. The van der Waals surface area contributed by atoms with Crippen LogP contribution in [0.1, 0.15) is 21.5 Å². The van der Waals surface area contributed by atoms with Gasteiger partial charge < -0.3 is 24.1 Å². The molecule has 0 unspecified atom stereocenters. The monoisotopic (exact) mass is 457 g/mol. The van der Waals surface area contributed by atoms with E-state index in [9.17, 15) is 4.79 Å². The summed E-state index contributed by atoms with van der Waals surface area (Å²) in [5.41, 5.74) is 4.11. The predicted octanol–water partition coefficient (Wildman–Crippen LogP) is 5.24. The quantitative estimate of drug-likeness (QED) is 0.391. The normalized spacial score (nSPS) is 10.6. The molecule has 4 aromatic rings. The van der Waals surface area contributed by atoms with Crippen LogP contribution in [0, 0.1) is 6.92 Å². The third-order valence-electron chi connectivity index (χ3n) is 5.50. The average molecular weight is 458 g/mol. The van der Waals surface area contributed by atoms with E-state index in [0.717, 1.165) is 28.2 Å². The number of hydrogen-bond acceptors (Lipinski definition) is 5. The first-order valence-electron chi connectivity index (χ1n) is 10.8. The van der Waals surface area contributed by atoms with Crippen molar-refractivity contribution < 1.29 is 19.0 Å². The summed E-state index contributed by atoms with van der Waals surface area (Å²) in [7, 11) is 5.16. The van der Waals surface area contributed by atoms with E-state index in [1.165, 1.54) is 0 Å². The molecule has 0 aliphatic heterocycles. The number of amides is 1. The molecule has 0 bridgehead atoms. The Morgan fingerprint density at radius 2 is 1.65 bits per heavy atom. The molecule has 0 fully saturated rings. The number of hydrogen-bond donors (Lipinski definition) is 1. The minimum absolute atomic E-state index is 0.191. The number of ether oxygens (including phenoxy) is 3. The van der Waals surface area contributed by atoms with Crippen molar-refractivity contribution in [3.63, 3.8) is 0 Å². The van der Waals surface area contributed by atoms with Gasteiger partial charge in [-0.2, -0.15) is 0 Å². The van der Waals surface area contributed by atoms with Crippen molar-refractivity contribution in [1.29, 1.82) is 0 Å². The van der Waals surface area contributed by atoms with Gasteiger partial charge in [0.1, 0.15) is 29.7 Å². The Morgan fingerprint density at radius 1 is 0.941 bits per heavy atom. The second kappa shape index (κ2) is 10.1. The highest BCUT2D eigenvalue weighted by Crippen LogP contribution is 2.26. The molecule has 1 heterocycles. The summed E-state index contributed by atoms with van der Waals surface area (Å²) < 4.78 is 18.4. The zero-order valence-corrected chi connectivity index (χ0v) is 19.7. The van der Waals surface area contributed by atoms with Gasteiger partial charge in [-0.15, -0.1) is 0 Å². The van der Waals surface area contributed by atoms with Crippen molar-refractivity contribution in [2.45, 2.75) is 13.5 Å². The fourth-order valence-corrected chi connectivity index (χ4v) is 3.55. The Balaban J connectivity index is 1.42. The third-order valence-corrected chi connectivity index (χ3v) is 5.50. The molecule has 34 heavy (non-hydrogen) atoms. The first-order valence-corrected chi connectivity index (χ1v) is 10.8. The van der Waals surface area contributed by atoms with E-state index in [1.54, 1.807) is 44.7 Å². The van der Waals surface area contributed by atoms with Crippen LogP contribution < -0.4 is 19.5 Å². The van der Waals surface area contributed by atoms with Gasteiger partial charge in [0.2, 0.25) is 0 Å². The van der Waals surface area contributed by atoms with E-state index in [0.29, 0.717) is 29.4 Å². The summed E-state index contributed by atoms with van der Waals surface area (Å²) in [6.07, 6.45) is 3.64. The molecule has 7 heteroatoms. The van der Waals surface area contributed by atoms with E-state index >= 15 is 0 Å². The number of anilines is 1. The molecule has 0 aliphatic rings. The fraction of sp³-hybridized carbons (Fsp3) is 0.185. The van der Waals surface area contributed by atoms with Crippen molar-refractivity contribution in [2.75, 3.05) is 19.5 Å². The van der Waals surface area contributed by atoms with Gasteiger partial charge >= 0.3 is 0 Å².